The van der Waals surface area contributed by atoms with Gasteiger partial charge in [-0.05, 0) is 31.0 Å². The molecule has 0 saturated heterocycles. The highest BCUT2D eigenvalue weighted by Gasteiger charge is 2.30. The Balaban J connectivity index is 2.03. The SMILES string of the molecule is CC(=O)N(CC(=O)Nc1cccc(C(F)(F)F)c1)C1CCCCCC1. The average Bonchev–Trinajstić information content (AvgIpc) is 2.81. The first-order valence-electron chi connectivity index (χ1n) is 8.51. The summed E-state index contributed by atoms with van der Waals surface area (Å²) in [5.74, 6) is -0.676. The number of amides is 2. The van der Waals surface area contributed by atoms with Gasteiger partial charge in [-0.2, -0.15) is 13.2 Å². The largest absolute Gasteiger partial charge is 0.416 e. The highest BCUT2D eigenvalue weighted by atomic mass is 19.4. The molecule has 4 nitrogen and oxygen atoms in total. The molecular formula is C18H23F3N2O2. The molecule has 1 aliphatic carbocycles. The first-order valence-corrected chi connectivity index (χ1v) is 8.51. The Labute approximate surface area is 145 Å². The molecule has 0 spiro atoms. The summed E-state index contributed by atoms with van der Waals surface area (Å²) in [7, 11) is 0. The van der Waals surface area contributed by atoms with E-state index in [1.165, 1.54) is 24.0 Å². The van der Waals surface area contributed by atoms with E-state index >= 15 is 0 Å². The molecule has 0 unspecified atom stereocenters. The van der Waals surface area contributed by atoms with Crippen LogP contribution in [0.25, 0.3) is 0 Å². The van der Waals surface area contributed by atoms with Crippen LogP contribution < -0.4 is 5.32 Å². The van der Waals surface area contributed by atoms with Gasteiger partial charge in [0.2, 0.25) is 11.8 Å². The third-order valence-corrected chi connectivity index (χ3v) is 4.46. The minimum absolute atomic E-state index is 0.0206. The molecule has 138 valence electrons. The molecule has 0 aliphatic heterocycles. The fourth-order valence-corrected chi connectivity index (χ4v) is 3.20. The molecule has 1 N–H and O–H groups in total. The quantitative estimate of drug-likeness (QED) is 0.822. The number of alkyl halides is 3. The number of halogens is 3. The molecule has 2 rings (SSSR count). The lowest BCUT2D eigenvalue weighted by atomic mass is 10.1. The number of benzene rings is 1. The smallest absolute Gasteiger partial charge is 0.331 e. The van der Waals surface area contributed by atoms with Crippen molar-refractivity contribution in [3.63, 3.8) is 0 Å². The van der Waals surface area contributed by atoms with Gasteiger partial charge >= 0.3 is 6.18 Å². The van der Waals surface area contributed by atoms with Gasteiger partial charge in [0.05, 0.1) is 5.56 Å². The molecule has 1 fully saturated rings. The van der Waals surface area contributed by atoms with Crippen LogP contribution in [-0.4, -0.2) is 29.3 Å². The predicted molar refractivity (Wildman–Crippen MR) is 89.0 cm³/mol. The Hall–Kier alpha value is -2.05. The molecule has 0 aromatic heterocycles. The fourth-order valence-electron chi connectivity index (χ4n) is 3.20. The van der Waals surface area contributed by atoms with E-state index in [0.717, 1.165) is 50.7 Å². The molecular weight excluding hydrogens is 333 g/mol. The zero-order chi connectivity index (χ0) is 18.4. The minimum atomic E-state index is -4.47. The topological polar surface area (TPSA) is 49.4 Å². The number of nitrogens with one attached hydrogen (secondary N) is 1. The van der Waals surface area contributed by atoms with Crippen LogP contribution in [0.3, 0.4) is 0 Å². The summed E-state index contributed by atoms with van der Waals surface area (Å²) in [5, 5.41) is 2.46. The van der Waals surface area contributed by atoms with Crippen molar-refractivity contribution in [2.24, 2.45) is 0 Å². The van der Waals surface area contributed by atoms with Crippen molar-refractivity contribution in [3.05, 3.63) is 29.8 Å². The number of anilines is 1. The number of hydrogen-bond donors (Lipinski definition) is 1. The van der Waals surface area contributed by atoms with Crippen LogP contribution in [0.4, 0.5) is 18.9 Å². The molecule has 25 heavy (non-hydrogen) atoms. The zero-order valence-corrected chi connectivity index (χ0v) is 14.2. The second-order valence-corrected chi connectivity index (χ2v) is 6.42. The molecule has 1 aromatic rings. The van der Waals surface area contributed by atoms with E-state index in [0.29, 0.717) is 0 Å². The zero-order valence-electron chi connectivity index (χ0n) is 14.2. The van der Waals surface area contributed by atoms with Crippen molar-refractivity contribution in [1.82, 2.24) is 4.90 Å². The third-order valence-electron chi connectivity index (χ3n) is 4.46. The standard InChI is InChI=1S/C18H23F3N2O2/c1-13(24)23(16-9-4-2-3-5-10-16)12-17(25)22-15-8-6-7-14(11-15)18(19,20)21/h6-8,11,16H,2-5,9-10,12H2,1H3,(H,22,25). The first kappa shape index (κ1) is 19.3. The monoisotopic (exact) mass is 356 g/mol. The van der Waals surface area contributed by atoms with Crippen LogP contribution in [0.5, 0.6) is 0 Å². The molecule has 0 atom stereocenters. The summed E-state index contributed by atoms with van der Waals surface area (Å²) in [4.78, 5) is 25.7. The van der Waals surface area contributed by atoms with E-state index in [1.807, 2.05) is 0 Å². The van der Waals surface area contributed by atoms with E-state index in [1.54, 1.807) is 0 Å². The Morgan fingerprint density at radius 3 is 2.36 bits per heavy atom. The lowest BCUT2D eigenvalue weighted by molar-refractivity contribution is -0.137. The van der Waals surface area contributed by atoms with Gasteiger partial charge in [0.1, 0.15) is 6.54 Å². The summed E-state index contributed by atoms with van der Waals surface area (Å²) in [6, 6.07) is 4.50. The van der Waals surface area contributed by atoms with E-state index in [9.17, 15) is 22.8 Å². The number of nitrogens with zero attached hydrogens (tertiary/aromatic N) is 1. The Morgan fingerprint density at radius 1 is 1.16 bits per heavy atom. The molecule has 0 radical (unpaired) electrons. The third kappa shape index (κ3) is 5.76. The highest BCUT2D eigenvalue weighted by Crippen LogP contribution is 2.30. The predicted octanol–water partition coefficient (Wildman–Crippen LogP) is 4.22. The van der Waals surface area contributed by atoms with Crippen molar-refractivity contribution in [2.45, 2.75) is 57.7 Å². The van der Waals surface area contributed by atoms with Crippen LogP contribution in [0.1, 0.15) is 51.0 Å². The van der Waals surface area contributed by atoms with Crippen LogP contribution >= 0.6 is 0 Å². The fraction of sp³-hybridized carbons (Fsp3) is 0.556. The number of carbonyl (C=O) groups excluding carboxylic acids is 2. The Bertz CT molecular complexity index is 609. The highest BCUT2D eigenvalue weighted by molar-refractivity contribution is 5.94. The van der Waals surface area contributed by atoms with E-state index in [4.69, 9.17) is 0 Å². The first-order chi connectivity index (χ1) is 11.8. The molecule has 1 saturated carbocycles. The van der Waals surface area contributed by atoms with Crippen molar-refractivity contribution < 1.29 is 22.8 Å². The number of hydrogen-bond acceptors (Lipinski definition) is 2. The van der Waals surface area contributed by atoms with Gasteiger partial charge in [0.25, 0.3) is 0 Å². The van der Waals surface area contributed by atoms with E-state index < -0.39 is 17.6 Å². The van der Waals surface area contributed by atoms with Gasteiger partial charge in [-0.25, -0.2) is 0 Å². The average molecular weight is 356 g/mol. The molecule has 2 amide bonds. The summed E-state index contributed by atoms with van der Waals surface area (Å²) >= 11 is 0. The number of carbonyl (C=O) groups is 2. The molecule has 1 aliphatic rings. The van der Waals surface area contributed by atoms with Crippen LogP contribution in [0.2, 0.25) is 0 Å². The van der Waals surface area contributed by atoms with Gasteiger partial charge in [0.15, 0.2) is 0 Å². The van der Waals surface area contributed by atoms with Gasteiger partial charge in [-0.15, -0.1) is 0 Å². The molecule has 7 heteroatoms. The maximum Gasteiger partial charge on any atom is 0.416 e. The molecule has 0 bridgehead atoms. The van der Waals surface area contributed by atoms with Gasteiger partial charge in [0, 0.05) is 18.7 Å². The van der Waals surface area contributed by atoms with Crippen LogP contribution in [-0.2, 0) is 15.8 Å². The van der Waals surface area contributed by atoms with Crippen molar-refractivity contribution >= 4 is 17.5 Å². The normalized spacial score (nSPS) is 16.2. The van der Waals surface area contributed by atoms with Gasteiger partial charge in [-0.1, -0.05) is 31.7 Å². The molecule has 1 aromatic carbocycles. The number of rotatable bonds is 4. The minimum Gasteiger partial charge on any atom is -0.331 e. The molecule has 0 heterocycles. The van der Waals surface area contributed by atoms with Crippen molar-refractivity contribution in [2.75, 3.05) is 11.9 Å². The summed E-state index contributed by atoms with van der Waals surface area (Å²) < 4.78 is 38.2. The Morgan fingerprint density at radius 2 is 1.80 bits per heavy atom. The van der Waals surface area contributed by atoms with Crippen molar-refractivity contribution in [3.8, 4) is 0 Å². The van der Waals surface area contributed by atoms with Gasteiger partial charge in [-0.3, -0.25) is 9.59 Å². The van der Waals surface area contributed by atoms with E-state index in [-0.39, 0.29) is 24.2 Å². The summed E-state index contributed by atoms with van der Waals surface area (Å²) in [6.07, 6.45) is 1.53. The van der Waals surface area contributed by atoms with Gasteiger partial charge < -0.3 is 10.2 Å². The summed E-state index contributed by atoms with van der Waals surface area (Å²) in [6.45, 7) is 1.28. The second kappa shape index (κ2) is 8.36. The summed E-state index contributed by atoms with van der Waals surface area (Å²) in [5.41, 5.74) is -0.748. The lowest BCUT2D eigenvalue weighted by Gasteiger charge is -2.29. The van der Waals surface area contributed by atoms with Crippen LogP contribution in [0, 0.1) is 0 Å². The Kier molecular flexibility index (Phi) is 6.45. The van der Waals surface area contributed by atoms with E-state index in [2.05, 4.69) is 5.32 Å². The van der Waals surface area contributed by atoms with Crippen molar-refractivity contribution in [1.29, 1.82) is 0 Å². The maximum absolute atomic E-state index is 12.7. The lowest BCUT2D eigenvalue weighted by Crippen LogP contribution is -2.43. The second-order valence-electron chi connectivity index (χ2n) is 6.42. The van der Waals surface area contributed by atoms with Crippen LogP contribution in [0.15, 0.2) is 24.3 Å². The maximum atomic E-state index is 12.7.